The van der Waals surface area contributed by atoms with E-state index in [-0.39, 0.29) is 36.3 Å². The summed E-state index contributed by atoms with van der Waals surface area (Å²) in [6.07, 6.45) is 3.14. The smallest absolute Gasteiger partial charge is 0.343 e. The fraction of sp³-hybridized carbons (Fsp3) is 0.429. The molecule has 1 spiro atoms. The largest absolute Gasteiger partial charge is 0.481 e. The highest BCUT2D eigenvalue weighted by Crippen LogP contribution is 2.58. The summed E-state index contributed by atoms with van der Waals surface area (Å²) >= 11 is 0. The van der Waals surface area contributed by atoms with Gasteiger partial charge in [-0.2, -0.15) is 0 Å². The van der Waals surface area contributed by atoms with E-state index >= 15 is 0 Å². The molecule has 2 N–H and O–H groups in total. The van der Waals surface area contributed by atoms with Crippen LogP contribution in [-0.4, -0.2) is 38.7 Å². The van der Waals surface area contributed by atoms with Crippen LogP contribution in [0.3, 0.4) is 0 Å². The van der Waals surface area contributed by atoms with Crippen molar-refractivity contribution in [3.8, 4) is 5.75 Å². The number of rotatable bonds is 5. The van der Waals surface area contributed by atoms with Gasteiger partial charge in [-0.3, -0.25) is 4.79 Å². The number of ether oxygens (including phenoxy) is 2. The number of esters is 1. The molecular weight excluding hydrogens is 380 g/mol. The number of piperidine rings is 1. The van der Waals surface area contributed by atoms with Crippen molar-refractivity contribution in [3.63, 3.8) is 0 Å². The molecule has 4 rings (SSSR count). The summed E-state index contributed by atoms with van der Waals surface area (Å²) in [5.74, 6) is 0.367. The van der Waals surface area contributed by atoms with Crippen LogP contribution in [0.15, 0.2) is 36.4 Å². The lowest BCUT2D eigenvalue weighted by molar-refractivity contribution is -0.142. The first kappa shape index (κ1) is 20.4. The van der Waals surface area contributed by atoms with Crippen molar-refractivity contribution in [2.24, 2.45) is 11.3 Å². The van der Waals surface area contributed by atoms with Gasteiger partial charge in [0.25, 0.3) is 0 Å². The first-order valence-corrected chi connectivity index (χ1v) is 9.36. The van der Waals surface area contributed by atoms with Crippen molar-refractivity contribution < 1.29 is 19.1 Å². The lowest BCUT2D eigenvalue weighted by Gasteiger charge is -2.23. The summed E-state index contributed by atoms with van der Waals surface area (Å²) in [6.45, 7) is 1.85. The number of nitrogens with one attached hydrogen (secondary N) is 2. The average molecular weight is 405 g/mol. The molecule has 2 fully saturated rings. The number of fused-ring (bicyclic) bond motifs is 1. The van der Waals surface area contributed by atoms with Crippen molar-refractivity contribution in [1.29, 1.82) is 0 Å². The molecular formula is C21H25ClN2O4. The van der Waals surface area contributed by atoms with Gasteiger partial charge in [0, 0.05) is 22.4 Å². The second-order valence-corrected chi connectivity index (χ2v) is 7.38. The molecule has 1 aliphatic heterocycles. The molecule has 28 heavy (non-hydrogen) atoms. The molecule has 1 heterocycles. The van der Waals surface area contributed by atoms with Crippen LogP contribution in [0.25, 0.3) is 10.8 Å². The maximum atomic E-state index is 12.8. The van der Waals surface area contributed by atoms with E-state index in [1.807, 2.05) is 30.3 Å². The lowest BCUT2D eigenvalue weighted by atomic mass is 9.91. The summed E-state index contributed by atoms with van der Waals surface area (Å²) in [5.41, 5.74) is 0.978. The van der Waals surface area contributed by atoms with E-state index in [9.17, 15) is 9.59 Å². The maximum absolute atomic E-state index is 12.8. The Labute approximate surface area is 170 Å². The molecule has 7 heteroatoms. The van der Waals surface area contributed by atoms with Gasteiger partial charge in [0.1, 0.15) is 5.75 Å². The number of methoxy groups -OCH3 is 1. The van der Waals surface area contributed by atoms with Crippen molar-refractivity contribution in [2.75, 3.05) is 32.1 Å². The summed E-state index contributed by atoms with van der Waals surface area (Å²) < 4.78 is 10.2. The van der Waals surface area contributed by atoms with E-state index in [1.54, 1.807) is 6.07 Å². The molecule has 150 valence electrons. The molecule has 1 unspecified atom stereocenters. The van der Waals surface area contributed by atoms with Crippen LogP contribution in [-0.2, 0) is 14.3 Å². The van der Waals surface area contributed by atoms with Gasteiger partial charge < -0.3 is 20.1 Å². The summed E-state index contributed by atoms with van der Waals surface area (Å²) in [4.78, 5) is 24.2. The Kier molecular flexibility index (Phi) is 6.10. The number of hydrogen-bond donors (Lipinski definition) is 2. The minimum absolute atomic E-state index is 0. The minimum atomic E-state index is -0.433. The van der Waals surface area contributed by atoms with Crippen LogP contribution in [0.1, 0.15) is 19.3 Å². The fourth-order valence-electron chi connectivity index (χ4n) is 4.12. The molecule has 1 atom stereocenters. The van der Waals surface area contributed by atoms with Crippen LogP contribution in [0, 0.1) is 11.3 Å². The van der Waals surface area contributed by atoms with Crippen molar-refractivity contribution >= 4 is 40.7 Å². The van der Waals surface area contributed by atoms with Crippen molar-refractivity contribution in [1.82, 2.24) is 5.32 Å². The normalized spacial score (nSPS) is 19.5. The third-order valence-corrected chi connectivity index (χ3v) is 5.82. The topological polar surface area (TPSA) is 76.7 Å². The molecule has 2 aliphatic rings. The third-order valence-electron chi connectivity index (χ3n) is 5.82. The van der Waals surface area contributed by atoms with Gasteiger partial charge in [0.05, 0.1) is 7.11 Å². The van der Waals surface area contributed by atoms with E-state index in [4.69, 9.17) is 4.74 Å². The molecule has 2 aromatic rings. The van der Waals surface area contributed by atoms with Crippen LogP contribution >= 0.6 is 12.4 Å². The predicted molar refractivity (Wildman–Crippen MR) is 110 cm³/mol. The molecule has 0 radical (unpaired) electrons. The molecule has 2 aromatic carbocycles. The van der Waals surface area contributed by atoms with Gasteiger partial charge in [-0.15, -0.1) is 12.4 Å². The van der Waals surface area contributed by atoms with Gasteiger partial charge in [-0.05, 0) is 49.9 Å². The molecule has 0 aromatic heterocycles. The Bertz CT molecular complexity index is 880. The number of halogens is 1. The van der Waals surface area contributed by atoms with Gasteiger partial charge in [0.15, 0.2) is 6.61 Å². The maximum Gasteiger partial charge on any atom is 0.343 e. The zero-order valence-electron chi connectivity index (χ0n) is 15.8. The Hall–Kier alpha value is -2.31. The Morgan fingerprint density at radius 3 is 2.57 bits per heavy atom. The zero-order chi connectivity index (χ0) is 18.9. The third kappa shape index (κ3) is 3.93. The Balaban J connectivity index is 0.00000225. The summed E-state index contributed by atoms with van der Waals surface area (Å²) in [5, 5.41) is 8.23. The second kappa shape index (κ2) is 8.37. The lowest BCUT2D eigenvalue weighted by Crippen LogP contribution is -2.31. The molecule has 1 saturated carbocycles. The van der Waals surface area contributed by atoms with Crippen LogP contribution in [0.2, 0.25) is 0 Å². The van der Waals surface area contributed by atoms with E-state index in [2.05, 4.69) is 15.4 Å². The molecule has 1 amide bonds. The predicted octanol–water partition coefficient (Wildman–Crippen LogP) is 3.14. The Morgan fingerprint density at radius 1 is 1.14 bits per heavy atom. The molecule has 0 bridgehead atoms. The monoisotopic (exact) mass is 404 g/mol. The van der Waals surface area contributed by atoms with Crippen LogP contribution in [0.4, 0.5) is 5.69 Å². The van der Waals surface area contributed by atoms with E-state index in [1.165, 1.54) is 7.11 Å². The fourth-order valence-corrected chi connectivity index (χ4v) is 4.12. The highest BCUT2D eigenvalue weighted by Gasteiger charge is 2.57. The SMILES string of the molecule is COC(=O)COc1ccc(NC(=O)C2CC23CCNCC3)c2ccccc12.Cl. The van der Waals surface area contributed by atoms with Crippen LogP contribution < -0.4 is 15.4 Å². The molecule has 6 nitrogen and oxygen atoms in total. The van der Waals surface area contributed by atoms with E-state index in [0.29, 0.717) is 5.75 Å². The summed E-state index contributed by atoms with van der Waals surface area (Å²) in [6, 6.07) is 11.3. The zero-order valence-corrected chi connectivity index (χ0v) is 16.6. The quantitative estimate of drug-likeness (QED) is 0.748. The number of hydrogen-bond acceptors (Lipinski definition) is 5. The van der Waals surface area contributed by atoms with E-state index < -0.39 is 5.97 Å². The first-order chi connectivity index (χ1) is 13.1. The highest BCUT2D eigenvalue weighted by atomic mass is 35.5. The summed E-state index contributed by atoms with van der Waals surface area (Å²) in [7, 11) is 1.33. The molecule has 1 aliphatic carbocycles. The second-order valence-electron chi connectivity index (χ2n) is 7.38. The van der Waals surface area contributed by atoms with Crippen molar-refractivity contribution in [3.05, 3.63) is 36.4 Å². The van der Waals surface area contributed by atoms with Gasteiger partial charge in [-0.25, -0.2) is 4.79 Å². The number of amides is 1. The van der Waals surface area contributed by atoms with E-state index in [0.717, 1.165) is 48.8 Å². The van der Waals surface area contributed by atoms with Crippen LogP contribution in [0.5, 0.6) is 5.75 Å². The number of carbonyl (C=O) groups is 2. The average Bonchev–Trinajstić information content (AvgIpc) is 3.40. The van der Waals surface area contributed by atoms with Gasteiger partial charge >= 0.3 is 5.97 Å². The Morgan fingerprint density at radius 2 is 1.86 bits per heavy atom. The highest BCUT2D eigenvalue weighted by molar-refractivity contribution is 6.05. The van der Waals surface area contributed by atoms with Gasteiger partial charge in [-0.1, -0.05) is 24.3 Å². The standard InChI is InChI=1S/C21H24N2O4.ClH/c1-26-19(24)13-27-18-7-6-17(14-4-2-3-5-15(14)18)23-20(25)16-12-21(16)8-10-22-11-9-21;/h2-7,16,22H,8-13H2,1H3,(H,23,25);1H. The first-order valence-electron chi connectivity index (χ1n) is 9.36. The number of benzene rings is 2. The minimum Gasteiger partial charge on any atom is -0.481 e. The van der Waals surface area contributed by atoms with Gasteiger partial charge in [0.2, 0.25) is 5.91 Å². The number of carbonyl (C=O) groups excluding carboxylic acids is 2. The van der Waals surface area contributed by atoms with Crippen molar-refractivity contribution in [2.45, 2.75) is 19.3 Å². The number of anilines is 1. The molecule has 1 saturated heterocycles.